The molecule has 0 bridgehead atoms. The lowest BCUT2D eigenvalue weighted by Gasteiger charge is -2.18. The Morgan fingerprint density at radius 1 is 1.31 bits per heavy atom. The van der Waals surface area contributed by atoms with Gasteiger partial charge in [0.2, 0.25) is 0 Å². The first kappa shape index (κ1) is 19.6. The lowest BCUT2D eigenvalue weighted by Crippen LogP contribution is -2.39. The highest BCUT2D eigenvalue weighted by molar-refractivity contribution is 6.31. The van der Waals surface area contributed by atoms with Gasteiger partial charge in [0.1, 0.15) is 17.6 Å². The number of nitrogens with one attached hydrogen (secondary N) is 1. The zero-order valence-corrected chi connectivity index (χ0v) is 15.3. The van der Waals surface area contributed by atoms with Crippen molar-refractivity contribution in [1.29, 1.82) is 5.26 Å². The van der Waals surface area contributed by atoms with Crippen LogP contribution in [0.3, 0.4) is 0 Å². The van der Waals surface area contributed by atoms with Crippen LogP contribution in [-0.4, -0.2) is 23.7 Å². The van der Waals surface area contributed by atoms with E-state index in [0.717, 1.165) is 12.0 Å². The third-order valence-electron chi connectivity index (χ3n) is 3.83. The lowest BCUT2D eigenvalue weighted by molar-refractivity contribution is -0.128. The van der Waals surface area contributed by atoms with E-state index in [-0.39, 0.29) is 11.7 Å². The second-order valence-electron chi connectivity index (χ2n) is 5.86. The molecule has 0 radical (unpaired) electrons. The van der Waals surface area contributed by atoms with Crippen LogP contribution in [-0.2, 0) is 11.2 Å². The van der Waals surface area contributed by atoms with E-state index in [2.05, 4.69) is 5.32 Å². The van der Waals surface area contributed by atoms with Gasteiger partial charge in [0.05, 0.1) is 10.6 Å². The quantitative estimate of drug-likeness (QED) is 0.737. The van der Waals surface area contributed by atoms with E-state index in [1.54, 1.807) is 30.3 Å². The lowest BCUT2D eigenvalue weighted by atomic mass is 10.1. The molecular formula is C20H21ClN2O3. The van der Waals surface area contributed by atoms with Gasteiger partial charge in [0.25, 0.3) is 5.91 Å². The van der Waals surface area contributed by atoms with Gasteiger partial charge in [-0.1, -0.05) is 37.1 Å². The first-order chi connectivity index (χ1) is 12.5. The number of carbonyl (C=O) groups excluding carboxylic acids is 1. The van der Waals surface area contributed by atoms with Crippen molar-refractivity contribution in [2.24, 2.45) is 0 Å². The summed E-state index contributed by atoms with van der Waals surface area (Å²) >= 11 is 6.01. The summed E-state index contributed by atoms with van der Waals surface area (Å²) in [5.41, 5.74) is 1.39. The molecule has 0 saturated heterocycles. The van der Waals surface area contributed by atoms with Crippen molar-refractivity contribution in [1.82, 2.24) is 5.32 Å². The van der Waals surface area contributed by atoms with E-state index in [9.17, 15) is 9.90 Å². The van der Waals surface area contributed by atoms with Gasteiger partial charge in [-0.05, 0) is 42.7 Å². The number of halogens is 1. The number of rotatable bonds is 8. The molecule has 2 rings (SSSR count). The summed E-state index contributed by atoms with van der Waals surface area (Å²) in [5, 5.41) is 21.4. The summed E-state index contributed by atoms with van der Waals surface area (Å²) in [5.74, 6) is 0.488. The second-order valence-corrected chi connectivity index (χ2v) is 6.26. The molecule has 2 aromatic carbocycles. The molecule has 5 nitrogen and oxygen atoms in total. The Hall–Kier alpha value is -2.71. The van der Waals surface area contributed by atoms with E-state index in [1.807, 2.05) is 25.1 Å². The molecule has 0 fully saturated rings. The third kappa shape index (κ3) is 5.68. The van der Waals surface area contributed by atoms with E-state index in [1.165, 1.54) is 0 Å². The van der Waals surface area contributed by atoms with Crippen molar-refractivity contribution in [2.75, 3.05) is 6.54 Å². The molecule has 6 heteroatoms. The maximum atomic E-state index is 12.4. The predicted molar refractivity (Wildman–Crippen MR) is 100 cm³/mol. The van der Waals surface area contributed by atoms with Crippen molar-refractivity contribution in [3.05, 3.63) is 58.6 Å². The number of hydrogen-bond acceptors (Lipinski definition) is 4. The van der Waals surface area contributed by atoms with Gasteiger partial charge < -0.3 is 15.2 Å². The van der Waals surface area contributed by atoms with E-state index in [4.69, 9.17) is 21.6 Å². The Bertz CT molecular complexity index is 785. The van der Waals surface area contributed by atoms with Gasteiger partial charge in [-0.2, -0.15) is 5.26 Å². The summed E-state index contributed by atoms with van der Waals surface area (Å²) in [6.07, 6.45) is 1.40. The van der Waals surface area contributed by atoms with Gasteiger partial charge in [0, 0.05) is 12.6 Å². The molecule has 0 saturated carbocycles. The molecule has 2 N–H and O–H groups in total. The summed E-state index contributed by atoms with van der Waals surface area (Å²) in [6.45, 7) is 2.45. The van der Waals surface area contributed by atoms with Gasteiger partial charge in [0.15, 0.2) is 6.10 Å². The molecule has 0 heterocycles. The number of aromatic hydroxyl groups is 1. The zero-order chi connectivity index (χ0) is 18.9. The van der Waals surface area contributed by atoms with Crippen LogP contribution in [0.15, 0.2) is 42.5 Å². The van der Waals surface area contributed by atoms with Crippen molar-refractivity contribution in [3.63, 3.8) is 0 Å². The van der Waals surface area contributed by atoms with Crippen molar-refractivity contribution >= 4 is 17.5 Å². The molecule has 0 aromatic heterocycles. The molecule has 2 aromatic rings. The Morgan fingerprint density at radius 2 is 2.04 bits per heavy atom. The Kier molecular flexibility index (Phi) is 7.31. The largest absolute Gasteiger partial charge is 0.508 e. The zero-order valence-electron chi connectivity index (χ0n) is 14.5. The predicted octanol–water partition coefficient (Wildman–Crippen LogP) is 3.82. The standard InChI is InChI=1S/C20H21ClN2O3/c1-2-3-19(26-17-9-6-15(13-22)18(21)12-17)20(25)23-11-10-14-4-7-16(24)8-5-14/h4-9,12,19,24H,2-3,10-11H2,1H3,(H,23,25)/t19-/m0/s1. The first-order valence-electron chi connectivity index (χ1n) is 8.45. The minimum Gasteiger partial charge on any atom is -0.508 e. The molecule has 0 aliphatic carbocycles. The highest BCUT2D eigenvalue weighted by Gasteiger charge is 2.19. The van der Waals surface area contributed by atoms with Crippen LogP contribution >= 0.6 is 11.6 Å². The number of amides is 1. The molecule has 136 valence electrons. The fourth-order valence-corrected chi connectivity index (χ4v) is 2.65. The average molecular weight is 373 g/mol. The summed E-state index contributed by atoms with van der Waals surface area (Å²) in [6, 6.07) is 13.6. The van der Waals surface area contributed by atoms with E-state index < -0.39 is 6.10 Å². The Morgan fingerprint density at radius 3 is 2.65 bits per heavy atom. The van der Waals surface area contributed by atoms with Crippen LogP contribution in [0.2, 0.25) is 5.02 Å². The molecular weight excluding hydrogens is 352 g/mol. The van der Waals surface area contributed by atoms with Gasteiger partial charge >= 0.3 is 0 Å². The fraction of sp³-hybridized carbons (Fsp3) is 0.300. The molecule has 26 heavy (non-hydrogen) atoms. The Labute approximate surface area is 158 Å². The maximum Gasteiger partial charge on any atom is 0.261 e. The van der Waals surface area contributed by atoms with Crippen LogP contribution in [0.5, 0.6) is 11.5 Å². The smallest absolute Gasteiger partial charge is 0.261 e. The highest BCUT2D eigenvalue weighted by atomic mass is 35.5. The van der Waals surface area contributed by atoms with Crippen LogP contribution in [0.4, 0.5) is 0 Å². The van der Waals surface area contributed by atoms with Gasteiger partial charge in [-0.15, -0.1) is 0 Å². The maximum absolute atomic E-state index is 12.4. The first-order valence-corrected chi connectivity index (χ1v) is 8.83. The fourth-order valence-electron chi connectivity index (χ4n) is 2.44. The van der Waals surface area contributed by atoms with Crippen LogP contribution in [0.1, 0.15) is 30.9 Å². The summed E-state index contributed by atoms with van der Waals surface area (Å²) in [4.78, 5) is 12.4. The summed E-state index contributed by atoms with van der Waals surface area (Å²) < 4.78 is 5.78. The molecule has 0 unspecified atom stereocenters. The highest BCUT2D eigenvalue weighted by Crippen LogP contribution is 2.23. The molecule has 0 aliphatic heterocycles. The van der Waals surface area contributed by atoms with E-state index >= 15 is 0 Å². The van der Waals surface area contributed by atoms with E-state index in [0.29, 0.717) is 35.7 Å². The monoisotopic (exact) mass is 372 g/mol. The van der Waals surface area contributed by atoms with Crippen LogP contribution in [0, 0.1) is 11.3 Å². The third-order valence-corrected chi connectivity index (χ3v) is 4.14. The average Bonchev–Trinajstić information content (AvgIpc) is 2.63. The van der Waals surface area contributed by atoms with Gasteiger partial charge in [-0.3, -0.25) is 4.79 Å². The van der Waals surface area contributed by atoms with Crippen molar-refractivity contribution in [3.8, 4) is 17.6 Å². The number of benzene rings is 2. The topological polar surface area (TPSA) is 82.3 Å². The number of hydrogen-bond donors (Lipinski definition) is 2. The summed E-state index contributed by atoms with van der Waals surface area (Å²) in [7, 11) is 0. The Balaban J connectivity index is 1.93. The molecule has 0 spiro atoms. The molecule has 1 amide bonds. The van der Waals surface area contributed by atoms with Crippen molar-refractivity contribution < 1.29 is 14.6 Å². The SMILES string of the molecule is CCC[C@H](Oc1ccc(C#N)c(Cl)c1)C(=O)NCCc1ccc(O)cc1. The minimum atomic E-state index is -0.621. The van der Waals surface area contributed by atoms with Crippen LogP contribution < -0.4 is 10.1 Å². The number of carbonyl (C=O) groups is 1. The number of ether oxygens (including phenoxy) is 1. The van der Waals surface area contributed by atoms with Crippen LogP contribution in [0.25, 0.3) is 0 Å². The minimum absolute atomic E-state index is 0.189. The molecule has 0 aliphatic rings. The van der Waals surface area contributed by atoms with Gasteiger partial charge in [-0.25, -0.2) is 0 Å². The number of phenolic OH excluding ortho intramolecular Hbond substituents is 1. The normalized spacial score (nSPS) is 11.4. The second kappa shape index (κ2) is 9.69. The number of nitrogens with zero attached hydrogens (tertiary/aromatic N) is 1. The van der Waals surface area contributed by atoms with Crippen molar-refractivity contribution in [2.45, 2.75) is 32.3 Å². The number of nitriles is 1. The number of phenols is 1. The molecule has 1 atom stereocenters.